The molecular weight excluding hydrogens is 1340 g/mol. The minimum Gasteiger partial charge on any atom is -0.478 e. The predicted molar refractivity (Wildman–Crippen MR) is 401 cm³/mol. The third kappa shape index (κ3) is 19.2. The normalized spacial score (nSPS) is 20.2. The summed E-state index contributed by atoms with van der Waals surface area (Å²) in [5.41, 5.74) is -5.15. The second kappa shape index (κ2) is 35.4. The molecule has 10 aromatic rings. The van der Waals surface area contributed by atoms with Crippen LogP contribution >= 0.6 is 0 Å². The molecule has 2 N–H and O–H groups in total. The van der Waals surface area contributed by atoms with Gasteiger partial charge in [0, 0.05) is 18.4 Å². The van der Waals surface area contributed by atoms with Gasteiger partial charge in [0.05, 0.1) is 43.7 Å². The number of Topliss-reactive ketones (excluding diaryl/α,β-unsaturated/α-hetero) is 1. The molecule has 2 unspecified atom stereocenters. The van der Waals surface area contributed by atoms with E-state index in [0.29, 0.717) is 40.4 Å². The van der Waals surface area contributed by atoms with Crippen LogP contribution in [0.2, 0.25) is 0 Å². The molecule has 15 heteroatoms. The van der Waals surface area contributed by atoms with E-state index < -0.39 is 33.5 Å². The summed E-state index contributed by atoms with van der Waals surface area (Å²) in [5.74, 6) is 1.64. The number of alkyl halides is 3. The zero-order valence-electron chi connectivity index (χ0n) is 57.3. The van der Waals surface area contributed by atoms with E-state index in [0.717, 1.165) is 57.8 Å². The van der Waals surface area contributed by atoms with Crippen LogP contribution in [0.5, 0.6) is 0 Å². The van der Waals surface area contributed by atoms with Crippen molar-refractivity contribution in [3.05, 3.63) is 309 Å². The van der Waals surface area contributed by atoms with Crippen LogP contribution < -0.4 is 4.72 Å². The Balaban J connectivity index is 0.000000133. The second-order valence-electron chi connectivity index (χ2n) is 26.6. The number of carbonyl (C=O) groups excluding carboxylic acids is 2. The van der Waals surface area contributed by atoms with Crippen LogP contribution in [0.3, 0.4) is 0 Å². The lowest BCUT2D eigenvalue weighted by molar-refractivity contribution is -0.171. The first-order valence-electron chi connectivity index (χ1n) is 34.5. The van der Waals surface area contributed by atoms with Crippen molar-refractivity contribution >= 4 is 60.4 Å². The zero-order chi connectivity index (χ0) is 71.3. The maximum absolute atomic E-state index is 12.4. The van der Waals surface area contributed by atoms with Crippen molar-refractivity contribution in [3.63, 3.8) is 0 Å². The lowest BCUT2D eigenvalue weighted by Gasteiger charge is -2.55. The second-order valence-corrected chi connectivity index (χ2v) is 34.4. The van der Waals surface area contributed by atoms with Crippen molar-refractivity contribution in [1.29, 1.82) is 0 Å². The minimum absolute atomic E-state index is 0.0146. The SMILES string of the molecule is CCC12CCC(CC1=O)C2(C)C.O=C(O)c1ccccc1.O=C(OCCNS(=O)(=O)C(F)(F)F)C12CC3CC(CC(C3)C1)C2.c1ccc([S+](c2ccccc2)c2ccccc2)cc1.c1ccc([S+](c2ccccc2)c2ccccc2)cc1.c1ccc([S+](c2ccccc2)c2ccccc2)cc1. The van der Waals surface area contributed by atoms with Gasteiger partial charge in [-0.2, -0.15) is 13.2 Å². The van der Waals surface area contributed by atoms with Crippen LogP contribution in [0.25, 0.3) is 0 Å². The van der Waals surface area contributed by atoms with Gasteiger partial charge in [-0.1, -0.05) is 203 Å². The summed E-state index contributed by atoms with van der Waals surface area (Å²) in [5, 5.41) is 8.38. The number of ketones is 1. The fourth-order valence-electron chi connectivity index (χ4n) is 15.3. The number of carbonyl (C=O) groups is 3. The van der Waals surface area contributed by atoms with E-state index in [1.165, 1.54) is 55.2 Å². The molecule has 6 aliphatic rings. The van der Waals surface area contributed by atoms with Gasteiger partial charge in [-0.25, -0.2) is 17.9 Å². The molecule has 8 nitrogen and oxygen atoms in total. The van der Waals surface area contributed by atoms with Crippen LogP contribution in [-0.2, 0) is 57.0 Å². The molecule has 2 atom stereocenters. The average Bonchev–Trinajstić information content (AvgIpc) is 1.53. The van der Waals surface area contributed by atoms with E-state index in [1.807, 2.05) is 0 Å². The van der Waals surface area contributed by atoms with Gasteiger partial charge in [0.25, 0.3) is 0 Å². The Kier molecular flexibility index (Phi) is 26.4. The minimum atomic E-state index is -5.38. The molecule has 0 heterocycles. The number of benzene rings is 10. The number of halogens is 3. The van der Waals surface area contributed by atoms with Crippen LogP contribution in [0.1, 0.15) is 95.3 Å². The first-order valence-corrected chi connectivity index (χ1v) is 39.7. The predicted octanol–water partition coefficient (Wildman–Crippen LogP) is 20.7. The number of ether oxygens (including phenoxy) is 1. The Morgan fingerprint density at radius 1 is 0.475 bits per heavy atom. The number of fused-ring (bicyclic) bond motifs is 2. The van der Waals surface area contributed by atoms with E-state index in [2.05, 4.69) is 294 Å². The van der Waals surface area contributed by atoms with E-state index in [4.69, 9.17) is 9.84 Å². The molecule has 522 valence electrons. The van der Waals surface area contributed by atoms with Crippen molar-refractivity contribution in [2.75, 3.05) is 13.2 Å². The average molecular weight is 1430 g/mol. The number of hydrogen-bond acceptors (Lipinski definition) is 6. The molecule has 16 rings (SSSR count). The highest BCUT2D eigenvalue weighted by Crippen LogP contribution is 2.65. The van der Waals surface area contributed by atoms with Gasteiger partial charge in [0.15, 0.2) is 44.1 Å². The van der Waals surface area contributed by atoms with Gasteiger partial charge >= 0.3 is 27.5 Å². The number of aromatic carboxylic acids is 1. The highest BCUT2D eigenvalue weighted by atomic mass is 32.2. The summed E-state index contributed by atoms with van der Waals surface area (Å²) in [6, 6.07) is 105. The van der Waals surface area contributed by atoms with Crippen molar-refractivity contribution < 1.29 is 45.8 Å². The number of sulfonamides is 1. The fraction of sp³-hybridized carbons (Fsp3) is 0.267. The topological polar surface area (TPSA) is 127 Å². The lowest BCUT2D eigenvalue weighted by Crippen LogP contribution is -2.50. The first kappa shape index (κ1) is 75.2. The molecule has 0 amide bonds. The number of rotatable bonds is 16. The summed E-state index contributed by atoms with van der Waals surface area (Å²) in [6.45, 7) is 5.81. The molecule has 10 aromatic carbocycles. The summed E-state index contributed by atoms with van der Waals surface area (Å²) in [6.07, 6.45) is 10.2. The van der Waals surface area contributed by atoms with Crippen LogP contribution in [0, 0.1) is 39.9 Å². The smallest absolute Gasteiger partial charge is 0.478 e. The summed E-state index contributed by atoms with van der Waals surface area (Å²) < 4.78 is 64.7. The summed E-state index contributed by atoms with van der Waals surface area (Å²) in [4.78, 5) is 46.7. The molecule has 0 aromatic heterocycles. The van der Waals surface area contributed by atoms with Crippen LogP contribution in [0.15, 0.2) is 347 Å². The number of hydrogen-bond donors (Lipinski definition) is 2. The quantitative estimate of drug-likeness (QED) is 0.0560. The van der Waals surface area contributed by atoms with Crippen LogP contribution in [-0.4, -0.2) is 49.9 Å². The number of nitrogens with one attached hydrogen (secondary N) is 1. The third-order valence-corrected chi connectivity index (χ3v) is 27.9. The van der Waals surface area contributed by atoms with E-state index in [1.54, 1.807) is 30.3 Å². The number of carboxylic acids is 1. The molecule has 6 aliphatic carbocycles. The van der Waals surface area contributed by atoms with E-state index >= 15 is 0 Å². The maximum Gasteiger partial charge on any atom is 0.511 e. The van der Waals surface area contributed by atoms with Crippen molar-refractivity contribution in [2.24, 2.45) is 39.9 Å². The van der Waals surface area contributed by atoms with Gasteiger partial charge in [0.1, 0.15) is 12.4 Å². The Labute approximate surface area is 603 Å². The van der Waals surface area contributed by atoms with Gasteiger partial charge in [0.2, 0.25) is 0 Å². The molecule has 0 spiro atoms. The molecule has 0 aliphatic heterocycles. The lowest BCUT2D eigenvalue weighted by atomic mass is 9.49. The van der Waals surface area contributed by atoms with Crippen molar-refractivity contribution in [1.82, 2.24) is 4.72 Å². The molecule has 6 bridgehead atoms. The maximum atomic E-state index is 12.4. The standard InChI is InChI=1S/3C18H15S.C14H20F3NO4S.C11H18O.C7H6O2/c3*1-4-10-16(11-5-1)19(17-12-6-2-7-13-17)18-14-8-3-9-15-18;15-14(16,17)23(20,21)18-1-2-22-12(19)13-6-9-3-10(7-13)5-11(4-9)8-13;1-4-11-6-5-8(7-9(11)12)10(11,2)3;8-7(9)6-4-2-1-3-5-6/h3*1-15H;9-11,18H,1-8H2;8H,4-7H2,1-3H3;1-5H,(H,8,9)/q3*+1;;;. The zero-order valence-corrected chi connectivity index (χ0v) is 60.6. The van der Waals surface area contributed by atoms with Crippen LogP contribution in [0.4, 0.5) is 13.2 Å². The number of esters is 1. The number of carboxylic acid groups (broad SMARTS) is 1. The Morgan fingerprint density at radius 3 is 0.941 bits per heavy atom. The molecule has 6 fully saturated rings. The van der Waals surface area contributed by atoms with Gasteiger partial charge in [-0.3, -0.25) is 9.59 Å². The summed E-state index contributed by atoms with van der Waals surface area (Å²) in [7, 11) is -5.43. The van der Waals surface area contributed by atoms with Crippen molar-refractivity contribution in [2.45, 2.75) is 135 Å². The fourth-order valence-corrected chi connectivity index (χ4v) is 22.2. The highest BCUT2D eigenvalue weighted by Gasteiger charge is 2.63. The monoisotopic (exact) mass is 1430 g/mol. The summed E-state index contributed by atoms with van der Waals surface area (Å²) >= 11 is 0. The molecule has 0 radical (unpaired) electrons. The molecular formula is C86H89F3NO7S4+3. The van der Waals surface area contributed by atoms with Gasteiger partial charge in [-0.05, 0) is 208 Å². The third-order valence-electron chi connectivity index (χ3n) is 20.0. The first-order chi connectivity index (χ1) is 48.8. The Morgan fingerprint density at radius 2 is 0.743 bits per heavy atom. The highest BCUT2D eigenvalue weighted by molar-refractivity contribution is 7.97. The van der Waals surface area contributed by atoms with Gasteiger partial charge in [-0.15, -0.1) is 0 Å². The van der Waals surface area contributed by atoms with E-state index in [-0.39, 0.29) is 50.7 Å². The van der Waals surface area contributed by atoms with Gasteiger partial charge < -0.3 is 9.84 Å². The van der Waals surface area contributed by atoms with Crippen molar-refractivity contribution in [3.8, 4) is 0 Å². The Hall–Kier alpha value is -8.44. The molecule has 6 saturated carbocycles. The molecule has 0 saturated heterocycles. The molecule has 101 heavy (non-hydrogen) atoms. The Bertz CT molecular complexity index is 3690. The largest absolute Gasteiger partial charge is 0.511 e. The van der Waals surface area contributed by atoms with E-state index in [9.17, 15) is 36.0 Å².